The van der Waals surface area contributed by atoms with Crippen LogP contribution in [0.5, 0.6) is 5.75 Å². The lowest BCUT2D eigenvalue weighted by molar-refractivity contribution is 0.138. The molecule has 2 nitrogen and oxygen atoms in total. The Hall–Kier alpha value is -0.800. The number of halogens is 2. The van der Waals surface area contributed by atoms with Crippen LogP contribution in [-0.4, -0.2) is 19.2 Å². The second-order valence-corrected chi connectivity index (χ2v) is 4.80. The molecule has 17 heavy (non-hydrogen) atoms. The van der Waals surface area contributed by atoms with E-state index in [1.165, 1.54) is 6.07 Å². The van der Waals surface area contributed by atoms with E-state index in [0.717, 1.165) is 25.9 Å². The molecule has 2 rings (SSSR count). The van der Waals surface area contributed by atoms with Gasteiger partial charge in [-0.3, -0.25) is 0 Å². The van der Waals surface area contributed by atoms with Gasteiger partial charge in [-0.2, -0.15) is 0 Å². The van der Waals surface area contributed by atoms with Crippen LogP contribution < -0.4 is 10.1 Å². The van der Waals surface area contributed by atoms with Crippen molar-refractivity contribution in [3.05, 3.63) is 29.0 Å². The largest absolute Gasteiger partial charge is 0.490 e. The van der Waals surface area contributed by atoms with Gasteiger partial charge in [0.15, 0.2) is 0 Å². The number of rotatable bonds is 4. The van der Waals surface area contributed by atoms with Crippen molar-refractivity contribution >= 4 is 11.6 Å². The van der Waals surface area contributed by atoms with Crippen molar-refractivity contribution in [1.82, 2.24) is 5.32 Å². The van der Waals surface area contributed by atoms with Gasteiger partial charge in [-0.15, -0.1) is 0 Å². The highest BCUT2D eigenvalue weighted by Gasteiger charge is 2.25. The van der Waals surface area contributed by atoms with E-state index in [1.54, 1.807) is 12.1 Å². The number of benzene rings is 1. The van der Waals surface area contributed by atoms with Gasteiger partial charge < -0.3 is 10.1 Å². The zero-order valence-electron chi connectivity index (χ0n) is 9.88. The summed E-state index contributed by atoms with van der Waals surface area (Å²) in [6.45, 7) is 4.15. The average Bonchev–Trinajstić information content (AvgIpc) is 2.84. The van der Waals surface area contributed by atoms with Crippen LogP contribution in [0.4, 0.5) is 4.39 Å². The third kappa shape index (κ3) is 3.11. The molecule has 0 amide bonds. The molecule has 0 bridgehead atoms. The molecule has 0 aliphatic carbocycles. The first-order valence-electron chi connectivity index (χ1n) is 6.03. The van der Waals surface area contributed by atoms with Crippen LogP contribution in [0.15, 0.2) is 18.2 Å². The van der Waals surface area contributed by atoms with Crippen molar-refractivity contribution in [2.75, 3.05) is 13.1 Å². The van der Waals surface area contributed by atoms with E-state index >= 15 is 0 Å². The third-order valence-electron chi connectivity index (χ3n) is 3.21. The highest BCUT2D eigenvalue weighted by Crippen LogP contribution is 2.25. The summed E-state index contributed by atoms with van der Waals surface area (Å²) < 4.78 is 18.9. The van der Waals surface area contributed by atoms with E-state index in [2.05, 4.69) is 12.2 Å². The fourth-order valence-electron chi connectivity index (χ4n) is 2.23. The summed E-state index contributed by atoms with van der Waals surface area (Å²) in [5.41, 5.74) is 0. The quantitative estimate of drug-likeness (QED) is 0.894. The van der Waals surface area contributed by atoms with Crippen LogP contribution in [-0.2, 0) is 0 Å². The van der Waals surface area contributed by atoms with E-state index in [-0.39, 0.29) is 11.1 Å². The minimum absolute atomic E-state index is 0.113. The highest BCUT2D eigenvalue weighted by atomic mass is 35.5. The monoisotopic (exact) mass is 257 g/mol. The van der Waals surface area contributed by atoms with Crippen LogP contribution in [0, 0.1) is 11.7 Å². The van der Waals surface area contributed by atoms with Gasteiger partial charge >= 0.3 is 0 Å². The number of ether oxygens (including phenoxy) is 1. The molecule has 2 atom stereocenters. The molecule has 4 heteroatoms. The molecule has 1 fully saturated rings. The van der Waals surface area contributed by atoms with Crippen molar-refractivity contribution in [2.45, 2.75) is 25.9 Å². The maximum atomic E-state index is 13.0. The van der Waals surface area contributed by atoms with Crippen molar-refractivity contribution in [2.24, 2.45) is 5.92 Å². The summed E-state index contributed by atoms with van der Waals surface area (Å²) in [5, 5.41) is 3.44. The van der Waals surface area contributed by atoms with E-state index in [1.807, 2.05) is 0 Å². The molecule has 0 spiro atoms. The van der Waals surface area contributed by atoms with Gasteiger partial charge in [0.1, 0.15) is 17.7 Å². The Balaban J connectivity index is 2.04. The molecule has 1 aliphatic heterocycles. The van der Waals surface area contributed by atoms with E-state index in [0.29, 0.717) is 11.7 Å². The third-order valence-corrected chi connectivity index (χ3v) is 3.49. The summed E-state index contributed by atoms with van der Waals surface area (Å²) >= 11 is 5.73. The zero-order chi connectivity index (χ0) is 12.3. The van der Waals surface area contributed by atoms with Gasteiger partial charge in [0.25, 0.3) is 0 Å². The van der Waals surface area contributed by atoms with Gasteiger partial charge in [0, 0.05) is 18.5 Å². The smallest absolute Gasteiger partial charge is 0.142 e. The molecule has 94 valence electrons. The maximum Gasteiger partial charge on any atom is 0.142 e. The molecule has 0 saturated carbocycles. The lowest BCUT2D eigenvalue weighted by Gasteiger charge is -2.23. The summed E-state index contributed by atoms with van der Waals surface area (Å²) in [6.07, 6.45) is 2.25. The van der Waals surface area contributed by atoms with Crippen LogP contribution in [0.25, 0.3) is 0 Å². The Morgan fingerprint density at radius 3 is 3.00 bits per heavy atom. The lowest BCUT2D eigenvalue weighted by atomic mass is 9.99. The van der Waals surface area contributed by atoms with Crippen LogP contribution in [0.3, 0.4) is 0 Å². The minimum Gasteiger partial charge on any atom is -0.490 e. The molecule has 1 aromatic rings. The summed E-state index contributed by atoms with van der Waals surface area (Å²) in [4.78, 5) is 0. The highest BCUT2D eigenvalue weighted by molar-refractivity contribution is 6.30. The van der Waals surface area contributed by atoms with Crippen molar-refractivity contribution in [3.63, 3.8) is 0 Å². The summed E-state index contributed by atoms with van der Waals surface area (Å²) in [7, 11) is 0. The van der Waals surface area contributed by atoms with Crippen molar-refractivity contribution in [3.8, 4) is 5.75 Å². The first-order chi connectivity index (χ1) is 8.20. The zero-order valence-corrected chi connectivity index (χ0v) is 10.6. The molecule has 1 N–H and O–H groups in total. The molecule has 0 unspecified atom stereocenters. The topological polar surface area (TPSA) is 21.3 Å². The molecule has 1 saturated heterocycles. The first kappa shape index (κ1) is 12.7. The molecule has 1 heterocycles. The molecule has 1 aliphatic rings. The van der Waals surface area contributed by atoms with E-state index in [9.17, 15) is 4.39 Å². The van der Waals surface area contributed by atoms with Gasteiger partial charge in [-0.25, -0.2) is 4.39 Å². The lowest BCUT2D eigenvalue weighted by Crippen LogP contribution is -2.28. The standard InChI is InChI=1S/C13H17ClFNO/c1-2-13(9-5-6-16-8-9)17-10-3-4-12(15)11(14)7-10/h3-4,7,9,13,16H,2,5-6,8H2,1H3/t9-,13-/m0/s1. The molecule has 1 aromatic carbocycles. The summed E-state index contributed by atoms with van der Waals surface area (Å²) in [5.74, 6) is 0.772. The van der Waals surface area contributed by atoms with Gasteiger partial charge in [0.2, 0.25) is 0 Å². The SMILES string of the molecule is CC[C@H](Oc1ccc(F)c(Cl)c1)[C@H]1CCNC1. The van der Waals surface area contributed by atoms with E-state index < -0.39 is 5.82 Å². The second kappa shape index (κ2) is 5.69. The van der Waals surface area contributed by atoms with Crippen LogP contribution >= 0.6 is 11.6 Å². The molecule has 0 radical (unpaired) electrons. The number of hydrogen-bond acceptors (Lipinski definition) is 2. The molecular weight excluding hydrogens is 241 g/mol. The maximum absolute atomic E-state index is 13.0. The average molecular weight is 258 g/mol. The number of nitrogens with one attached hydrogen (secondary N) is 1. The molecule has 0 aromatic heterocycles. The van der Waals surface area contributed by atoms with Gasteiger partial charge in [0.05, 0.1) is 5.02 Å². The predicted molar refractivity (Wildman–Crippen MR) is 67.1 cm³/mol. The predicted octanol–water partition coefficient (Wildman–Crippen LogP) is 3.25. The Bertz CT molecular complexity index is 380. The van der Waals surface area contributed by atoms with E-state index in [4.69, 9.17) is 16.3 Å². The minimum atomic E-state index is -0.408. The van der Waals surface area contributed by atoms with Gasteiger partial charge in [-0.1, -0.05) is 18.5 Å². The van der Waals surface area contributed by atoms with Crippen LogP contribution in [0.1, 0.15) is 19.8 Å². The Morgan fingerprint density at radius 1 is 1.59 bits per heavy atom. The van der Waals surface area contributed by atoms with Crippen molar-refractivity contribution < 1.29 is 9.13 Å². The Kier molecular flexibility index (Phi) is 4.24. The summed E-state index contributed by atoms with van der Waals surface area (Å²) in [6, 6.07) is 4.52. The number of hydrogen-bond donors (Lipinski definition) is 1. The first-order valence-corrected chi connectivity index (χ1v) is 6.41. The van der Waals surface area contributed by atoms with Crippen molar-refractivity contribution in [1.29, 1.82) is 0 Å². The second-order valence-electron chi connectivity index (χ2n) is 4.39. The Morgan fingerprint density at radius 2 is 2.41 bits per heavy atom. The van der Waals surface area contributed by atoms with Gasteiger partial charge in [-0.05, 0) is 31.5 Å². The molecular formula is C13H17ClFNO. The Labute approximate surface area is 106 Å². The fourth-order valence-corrected chi connectivity index (χ4v) is 2.40. The fraction of sp³-hybridized carbons (Fsp3) is 0.538. The van der Waals surface area contributed by atoms with Crippen LogP contribution in [0.2, 0.25) is 5.02 Å². The normalized spacial score (nSPS) is 21.5.